The third-order valence-corrected chi connectivity index (χ3v) is 1.34. The van der Waals surface area contributed by atoms with Crippen LogP contribution in [0, 0.1) is 0 Å². The highest BCUT2D eigenvalue weighted by Gasteiger charge is 1.96. The molecule has 1 amide bonds. The number of carbonyl (C=O) groups excluding carboxylic acids is 1. The van der Waals surface area contributed by atoms with Gasteiger partial charge in [0.1, 0.15) is 6.61 Å². The number of carbonyl (C=O) groups is 1. The molecule has 0 aromatic carbocycles. The Hall–Kier alpha value is -1.54. The molecule has 8 heteroatoms. The molecule has 0 bridgehead atoms. The van der Waals surface area contributed by atoms with Gasteiger partial charge >= 0.3 is 6.09 Å². The fourth-order valence-electron chi connectivity index (χ4n) is 0.722. The van der Waals surface area contributed by atoms with Crippen molar-refractivity contribution in [1.82, 2.24) is 10.7 Å². The minimum absolute atomic E-state index is 0.153. The molecule has 0 spiro atoms. The lowest BCUT2D eigenvalue weighted by Gasteiger charge is -2.08. The van der Waals surface area contributed by atoms with Crippen LogP contribution in [0.5, 0.6) is 0 Å². The number of nitrogens with one attached hydrogen (secondary N) is 2. The van der Waals surface area contributed by atoms with Gasteiger partial charge in [-0.2, -0.15) is 0 Å². The summed E-state index contributed by atoms with van der Waals surface area (Å²) in [5.74, 6) is 5.58. The lowest BCUT2D eigenvalue weighted by Crippen LogP contribution is -2.43. The molecule has 0 rings (SSSR count). The topological polar surface area (TPSA) is 124 Å². The second-order valence-corrected chi connectivity index (χ2v) is 2.46. The van der Waals surface area contributed by atoms with Crippen LogP contribution in [-0.2, 0) is 9.47 Å². The van der Waals surface area contributed by atoms with Gasteiger partial charge in [-0.1, -0.05) is 0 Å². The van der Waals surface area contributed by atoms with Crippen LogP contribution in [0.1, 0.15) is 0 Å². The van der Waals surface area contributed by atoms with E-state index in [0.717, 1.165) is 0 Å². The molecular formula is C7H17N5O3. The fraction of sp³-hybridized carbons (Fsp3) is 0.714. The second-order valence-electron chi connectivity index (χ2n) is 2.46. The van der Waals surface area contributed by atoms with Crippen LogP contribution in [0.4, 0.5) is 4.79 Å². The first-order chi connectivity index (χ1) is 7.20. The van der Waals surface area contributed by atoms with Gasteiger partial charge in [-0.05, 0) is 0 Å². The van der Waals surface area contributed by atoms with Crippen molar-refractivity contribution in [2.45, 2.75) is 0 Å². The molecule has 0 aromatic heterocycles. The molecule has 0 saturated carbocycles. The highest BCUT2D eigenvalue weighted by molar-refractivity contribution is 5.79. The Kier molecular flexibility index (Phi) is 8.10. The molecule has 15 heavy (non-hydrogen) atoms. The smallest absolute Gasteiger partial charge is 0.404 e. The van der Waals surface area contributed by atoms with Gasteiger partial charge in [-0.3, -0.25) is 5.43 Å². The summed E-state index contributed by atoms with van der Waals surface area (Å²) in [5, 5.41) is 2.81. The molecule has 6 N–H and O–H groups in total. The van der Waals surface area contributed by atoms with Gasteiger partial charge in [0.05, 0.1) is 19.7 Å². The molecule has 0 atom stereocenters. The van der Waals surface area contributed by atoms with Gasteiger partial charge in [0, 0.05) is 7.11 Å². The summed E-state index contributed by atoms with van der Waals surface area (Å²) in [7, 11) is 1.58. The average molecular weight is 219 g/mol. The Labute approximate surface area is 88.0 Å². The molecular weight excluding hydrogens is 202 g/mol. The Morgan fingerprint density at radius 1 is 1.47 bits per heavy atom. The number of amides is 1. The van der Waals surface area contributed by atoms with Crippen LogP contribution in [0.3, 0.4) is 0 Å². The molecule has 0 aliphatic heterocycles. The summed E-state index contributed by atoms with van der Waals surface area (Å²) in [4.78, 5) is 14.2. The van der Waals surface area contributed by atoms with Gasteiger partial charge in [-0.25, -0.2) is 15.6 Å². The third kappa shape index (κ3) is 8.78. The molecule has 0 heterocycles. The standard InChI is InChI=1S/C7H17N5O3/c1-14-4-2-10-7(12-9)11-3-5-15-6(8)13/h2-5,9H2,1H3,(H2,8,13)(H2,10,11,12). The number of rotatable bonds is 6. The van der Waals surface area contributed by atoms with Crippen molar-refractivity contribution in [2.75, 3.05) is 33.4 Å². The van der Waals surface area contributed by atoms with Crippen LogP contribution in [0.15, 0.2) is 4.99 Å². The first kappa shape index (κ1) is 13.5. The molecule has 0 aliphatic rings. The van der Waals surface area contributed by atoms with Crippen LogP contribution in [0.25, 0.3) is 0 Å². The van der Waals surface area contributed by atoms with Crippen LogP contribution < -0.4 is 22.3 Å². The van der Waals surface area contributed by atoms with E-state index in [1.807, 2.05) is 0 Å². The second kappa shape index (κ2) is 9.03. The summed E-state index contributed by atoms with van der Waals surface area (Å²) >= 11 is 0. The monoisotopic (exact) mass is 219 g/mol. The van der Waals surface area contributed by atoms with E-state index in [1.54, 1.807) is 7.11 Å². The molecule has 0 aliphatic carbocycles. The number of hydrazine groups is 1. The van der Waals surface area contributed by atoms with Crippen LogP contribution in [-0.4, -0.2) is 45.5 Å². The fourth-order valence-corrected chi connectivity index (χ4v) is 0.722. The molecule has 0 aromatic rings. The summed E-state index contributed by atoms with van der Waals surface area (Å²) in [5.41, 5.74) is 7.12. The first-order valence-electron chi connectivity index (χ1n) is 4.36. The summed E-state index contributed by atoms with van der Waals surface area (Å²) in [6.45, 7) is 1.52. The number of guanidine groups is 1. The van der Waals surface area contributed by atoms with E-state index in [2.05, 4.69) is 20.5 Å². The van der Waals surface area contributed by atoms with E-state index >= 15 is 0 Å². The minimum atomic E-state index is -0.810. The van der Waals surface area contributed by atoms with Crippen LogP contribution in [0.2, 0.25) is 0 Å². The maximum atomic E-state index is 10.2. The zero-order valence-corrected chi connectivity index (χ0v) is 8.66. The number of ether oxygens (including phenoxy) is 2. The summed E-state index contributed by atoms with van der Waals surface area (Å²) in [6.07, 6.45) is -0.810. The van der Waals surface area contributed by atoms with Crippen LogP contribution >= 0.6 is 0 Å². The molecule has 8 nitrogen and oxygen atoms in total. The average Bonchev–Trinajstić information content (AvgIpc) is 2.21. The maximum absolute atomic E-state index is 10.2. The van der Waals surface area contributed by atoms with Crippen molar-refractivity contribution in [3.05, 3.63) is 0 Å². The van der Waals surface area contributed by atoms with E-state index in [0.29, 0.717) is 25.7 Å². The van der Waals surface area contributed by atoms with Gasteiger partial charge in [0.25, 0.3) is 0 Å². The number of nitrogens with zero attached hydrogens (tertiary/aromatic N) is 1. The molecule has 88 valence electrons. The number of aliphatic imine (C=N–C) groups is 1. The summed E-state index contributed by atoms with van der Waals surface area (Å²) in [6, 6.07) is 0. The van der Waals surface area contributed by atoms with Crippen molar-refractivity contribution in [3.63, 3.8) is 0 Å². The Morgan fingerprint density at radius 3 is 2.73 bits per heavy atom. The summed E-state index contributed by atoms with van der Waals surface area (Å²) < 4.78 is 9.29. The SMILES string of the molecule is COCCN=C(NN)NCCOC(N)=O. The van der Waals surface area contributed by atoms with Gasteiger partial charge in [0.2, 0.25) is 5.96 Å². The zero-order valence-electron chi connectivity index (χ0n) is 8.66. The first-order valence-corrected chi connectivity index (χ1v) is 4.36. The Morgan fingerprint density at radius 2 is 2.20 bits per heavy atom. The minimum Gasteiger partial charge on any atom is -0.448 e. The number of methoxy groups -OCH3 is 1. The van der Waals surface area contributed by atoms with E-state index in [9.17, 15) is 4.79 Å². The Bertz CT molecular complexity index is 209. The lowest BCUT2D eigenvalue weighted by atomic mass is 10.6. The highest BCUT2D eigenvalue weighted by atomic mass is 16.5. The van der Waals surface area contributed by atoms with Crippen molar-refractivity contribution in [1.29, 1.82) is 0 Å². The van der Waals surface area contributed by atoms with E-state index in [-0.39, 0.29) is 6.61 Å². The van der Waals surface area contributed by atoms with Gasteiger partial charge in [0.15, 0.2) is 0 Å². The lowest BCUT2D eigenvalue weighted by molar-refractivity contribution is 0.159. The number of nitrogens with two attached hydrogens (primary N) is 2. The van der Waals surface area contributed by atoms with E-state index in [4.69, 9.17) is 16.3 Å². The number of hydrogen-bond donors (Lipinski definition) is 4. The normalized spacial score (nSPS) is 10.9. The zero-order chi connectivity index (χ0) is 11.5. The van der Waals surface area contributed by atoms with E-state index in [1.165, 1.54) is 0 Å². The predicted octanol–water partition coefficient (Wildman–Crippen LogP) is -1.86. The van der Waals surface area contributed by atoms with Crippen molar-refractivity contribution < 1.29 is 14.3 Å². The van der Waals surface area contributed by atoms with Crippen molar-refractivity contribution >= 4 is 12.1 Å². The molecule has 0 fully saturated rings. The number of primary amides is 1. The maximum Gasteiger partial charge on any atom is 0.404 e. The van der Waals surface area contributed by atoms with Crippen molar-refractivity contribution in [2.24, 2.45) is 16.6 Å². The van der Waals surface area contributed by atoms with Gasteiger partial charge in [-0.15, -0.1) is 0 Å². The Balaban J connectivity index is 3.60. The molecule has 0 unspecified atom stereocenters. The van der Waals surface area contributed by atoms with Gasteiger partial charge < -0.3 is 20.5 Å². The highest BCUT2D eigenvalue weighted by Crippen LogP contribution is 1.75. The van der Waals surface area contributed by atoms with Crippen molar-refractivity contribution in [3.8, 4) is 0 Å². The predicted molar refractivity (Wildman–Crippen MR) is 55.0 cm³/mol. The molecule has 0 radical (unpaired) electrons. The van der Waals surface area contributed by atoms with E-state index < -0.39 is 6.09 Å². The molecule has 0 saturated heterocycles. The number of hydrogen-bond acceptors (Lipinski definition) is 5. The quantitative estimate of drug-likeness (QED) is 0.136. The third-order valence-electron chi connectivity index (χ3n) is 1.34. The largest absolute Gasteiger partial charge is 0.448 e.